The van der Waals surface area contributed by atoms with E-state index >= 15 is 0 Å². The van der Waals surface area contributed by atoms with Crippen molar-refractivity contribution in [1.82, 2.24) is 4.90 Å². The zero-order valence-electron chi connectivity index (χ0n) is 10.1. The van der Waals surface area contributed by atoms with Gasteiger partial charge in [-0.05, 0) is 20.3 Å². The summed E-state index contributed by atoms with van der Waals surface area (Å²) in [4.78, 5) is 35.8. The average molecular weight is 243 g/mol. The zero-order valence-corrected chi connectivity index (χ0v) is 10.1. The van der Waals surface area contributed by atoms with E-state index in [0.717, 1.165) is 0 Å². The molecule has 1 aliphatic rings. The molecule has 0 aromatic carbocycles. The number of ether oxygens (including phenoxy) is 2. The third-order valence-electron chi connectivity index (χ3n) is 2.52. The Kier molecular flexibility index (Phi) is 4.93. The van der Waals surface area contributed by atoms with Gasteiger partial charge in [-0.25, -0.2) is 4.79 Å². The summed E-state index contributed by atoms with van der Waals surface area (Å²) in [6.07, 6.45) is -0.209. The summed E-state index contributed by atoms with van der Waals surface area (Å²) in [6.45, 7) is 4.17. The van der Waals surface area contributed by atoms with E-state index in [9.17, 15) is 14.4 Å². The highest BCUT2D eigenvalue weighted by Gasteiger charge is 2.35. The van der Waals surface area contributed by atoms with Crippen LogP contribution in [0.4, 0.5) is 4.79 Å². The first-order valence-electron chi connectivity index (χ1n) is 5.71. The van der Waals surface area contributed by atoms with Crippen molar-refractivity contribution in [1.29, 1.82) is 0 Å². The predicted molar refractivity (Wildman–Crippen MR) is 58.3 cm³/mol. The number of Topliss-reactive ketones (excluding diaryl/α,β-unsaturated/α-hetero) is 1. The fourth-order valence-electron chi connectivity index (χ4n) is 1.69. The van der Waals surface area contributed by atoms with E-state index in [2.05, 4.69) is 0 Å². The molecule has 0 saturated carbocycles. The molecule has 1 saturated heterocycles. The minimum atomic E-state index is -0.736. The fourth-order valence-corrected chi connectivity index (χ4v) is 1.69. The molecular formula is C11H17NO5. The maximum atomic E-state index is 11.7. The van der Waals surface area contributed by atoms with Crippen molar-refractivity contribution in [2.24, 2.45) is 5.92 Å². The van der Waals surface area contributed by atoms with Crippen LogP contribution in [0.1, 0.15) is 20.3 Å². The Labute approximate surface area is 99.9 Å². The Balaban J connectivity index is 2.52. The summed E-state index contributed by atoms with van der Waals surface area (Å²) < 4.78 is 9.59. The normalized spacial score (nSPS) is 20.0. The van der Waals surface area contributed by atoms with Crippen LogP contribution in [0, 0.1) is 5.92 Å². The van der Waals surface area contributed by atoms with Gasteiger partial charge in [0.15, 0.2) is 5.78 Å². The average Bonchev–Trinajstić information content (AvgIpc) is 2.29. The molecule has 0 aliphatic carbocycles. The van der Waals surface area contributed by atoms with E-state index in [1.807, 2.05) is 0 Å². The molecule has 1 amide bonds. The number of ketones is 1. The fraction of sp³-hybridized carbons (Fsp3) is 0.727. The lowest BCUT2D eigenvalue weighted by atomic mass is 9.96. The van der Waals surface area contributed by atoms with Gasteiger partial charge in [-0.3, -0.25) is 9.59 Å². The van der Waals surface area contributed by atoms with Crippen LogP contribution < -0.4 is 0 Å². The second kappa shape index (κ2) is 6.22. The lowest BCUT2D eigenvalue weighted by molar-refractivity contribution is -0.153. The number of hydrogen-bond donors (Lipinski definition) is 0. The van der Waals surface area contributed by atoms with Crippen LogP contribution in [0.3, 0.4) is 0 Å². The van der Waals surface area contributed by atoms with Gasteiger partial charge >= 0.3 is 12.1 Å². The van der Waals surface area contributed by atoms with Crippen LogP contribution in [0.5, 0.6) is 0 Å². The summed E-state index contributed by atoms with van der Waals surface area (Å²) in [7, 11) is 0. The van der Waals surface area contributed by atoms with Gasteiger partial charge in [0.2, 0.25) is 0 Å². The van der Waals surface area contributed by atoms with Gasteiger partial charge in [-0.15, -0.1) is 0 Å². The number of carbonyl (C=O) groups is 3. The third-order valence-corrected chi connectivity index (χ3v) is 2.52. The number of rotatable bonds is 3. The van der Waals surface area contributed by atoms with Gasteiger partial charge in [-0.2, -0.15) is 0 Å². The summed E-state index contributed by atoms with van der Waals surface area (Å²) in [5.41, 5.74) is 0. The summed E-state index contributed by atoms with van der Waals surface area (Å²) in [6, 6.07) is 0. The Morgan fingerprint density at radius 1 is 1.29 bits per heavy atom. The molecule has 1 aliphatic heterocycles. The van der Waals surface area contributed by atoms with E-state index in [-0.39, 0.29) is 25.5 Å². The largest absolute Gasteiger partial charge is 0.465 e. The van der Waals surface area contributed by atoms with Gasteiger partial charge in [0.05, 0.1) is 19.8 Å². The number of nitrogens with zero attached hydrogens (tertiary/aromatic N) is 1. The molecule has 0 aromatic rings. The molecule has 1 fully saturated rings. The van der Waals surface area contributed by atoms with Crippen molar-refractivity contribution < 1.29 is 23.9 Å². The lowest BCUT2D eigenvalue weighted by Gasteiger charge is -2.28. The molecule has 1 atom stereocenters. The summed E-state index contributed by atoms with van der Waals surface area (Å²) in [5, 5.41) is 0. The second-order valence-electron chi connectivity index (χ2n) is 3.68. The van der Waals surface area contributed by atoms with Crippen LogP contribution in [-0.4, -0.2) is 49.0 Å². The molecule has 6 nitrogen and oxygen atoms in total. The van der Waals surface area contributed by atoms with Gasteiger partial charge in [0, 0.05) is 6.54 Å². The van der Waals surface area contributed by atoms with E-state index in [0.29, 0.717) is 13.0 Å². The summed E-state index contributed by atoms with van der Waals surface area (Å²) in [5.74, 6) is -1.52. The predicted octanol–water partition coefficient (Wildman–Crippen LogP) is 0.597. The van der Waals surface area contributed by atoms with Crippen molar-refractivity contribution in [3.63, 3.8) is 0 Å². The number of hydrogen-bond acceptors (Lipinski definition) is 5. The third kappa shape index (κ3) is 3.44. The Bertz CT molecular complexity index is 315. The number of carbonyl (C=O) groups excluding carboxylic acids is 3. The SMILES string of the molecule is CCOC(=O)C1CCN(C(=O)OCC)CC1=O. The van der Waals surface area contributed by atoms with Gasteiger partial charge in [-0.1, -0.05) is 0 Å². The Morgan fingerprint density at radius 2 is 1.94 bits per heavy atom. The van der Waals surface area contributed by atoms with Crippen molar-refractivity contribution in [2.75, 3.05) is 26.3 Å². The number of piperidine rings is 1. The monoisotopic (exact) mass is 243 g/mol. The first-order chi connectivity index (χ1) is 8.10. The second-order valence-corrected chi connectivity index (χ2v) is 3.68. The maximum absolute atomic E-state index is 11.7. The molecular weight excluding hydrogens is 226 g/mol. The molecule has 0 N–H and O–H groups in total. The first-order valence-corrected chi connectivity index (χ1v) is 5.71. The molecule has 1 rings (SSSR count). The smallest absolute Gasteiger partial charge is 0.410 e. The van der Waals surface area contributed by atoms with Crippen molar-refractivity contribution in [3.8, 4) is 0 Å². The molecule has 1 unspecified atom stereocenters. The van der Waals surface area contributed by atoms with Crippen molar-refractivity contribution in [3.05, 3.63) is 0 Å². The highest BCUT2D eigenvalue weighted by Crippen LogP contribution is 2.16. The van der Waals surface area contributed by atoms with Crippen LogP contribution >= 0.6 is 0 Å². The Morgan fingerprint density at radius 3 is 2.47 bits per heavy atom. The highest BCUT2D eigenvalue weighted by atomic mass is 16.6. The van der Waals surface area contributed by atoms with Crippen LogP contribution in [0.15, 0.2) is 0 Å². The molecule has 0 spiro atoms. The number of amides is 1. The van der Waals surface area contributed by atoms with E-state index < -0.39 is 18.0 Å². The topological polar surface area (TPSA) is 72.9 Å². The van der Waals surface area contributed by atoms with Gasteiger partial charge < -0.3 is 14.4 Å². The minimum absolute atomic E-state index is 0.0810. The van der Waals surface area contributed by atoms with E-state index in [4.69, 9.17) is 9.47 Å². The van der Waals surface area contributed by atoms with Crippen molar-refractivity contribution >= 4 is 17.8 Å². The number of likely N-dealkylation sites (tertiary alicyclic amines) is 1. The van der Waals surface area contributed by atoms with Crippen LogP contribution in [0.2, 0.25) is 0 Å². The maximum Gasteiger partial charge on any atom is 0.410 e. The minimum Gasteiger partial charge on any atom is -0.465 e. The van der Waals surface area contributed by atoms with Gasteiger partial charge in [0.1, 0.15) is 5.92 Å². The van der Waals surface area contributed by atoms with E-state index in [1.165, 1.54) is 4.90 Å². The quantitative estimate of drug-likeness (QED) is 0.536. The standard InChI is InChI=1S/C11H17NO5/c1-3-16-10(14)8-5-6-12(7-9(8)13)11(15)17-4-2/h8H,3-7H2,1-2H3. The molecule has 6 heteroatoms. The van der Waals surface area contributed by atoms with Gasteiger partial charge in [0.25, 0.3) is 0 Å². The van der Waals surface area contributed by atoms with Crippen molar-refractivity contribution in [2.45, 2.75) is 20.3 Å². The molecule has 0 aromatic heterocycles. The highest BCUT2D eigenvalue weighted by molar-refractivity contribution is 6.01. The molecule has 0 bridgehead atoms. The van der Waals surface area contributed by atoms with Crippen LogP contribution in [0.25, 0.3) is 0 Å². The zero-order chi connectivity index (χ0) is 12.8. The van der Waals surface area contributed by atoms with Crippen LogP contribution in [-0.2, 0) is 19.1 Å². The Hall–Kier alpha value is -1.59. The van der Waals surface area contributed by atoms with E-state index in [1.54, 1.807) is 13.8 Å². The summed E-state index contributed by atoms with van der Waals surface area (Å²) >= 11 is 0. The molecule has 17 heavy (non-hydrogen) atoms. The molecule has 96 valence electrons. The first kappa shape index (κ1) is 13.5. The lowest BCUT2D eigenvalue weighted by Crippen LogP contribution is -2.46. The molecule has 1 heterocycles. The number of esters is 1. The molecule has 0 radical (unpaired) electrons.